The van der Waals surface area contributed by atoms with E-state index in [-0.39, 0.29) is 0 Å². The van der Waals surface area contributed by atoms with Crippen LogP contribution in [0.15, 0.2) is 6.20 Å². The standard InChI is InChI=1S/C12H21N3O/c1-10-7-14-12(9-16-2)15(10)8-11-3-5-13-6-4-11/h7,11,13H,3-6,8-9H2,1-2H3. The van der Waals surface area contributed by atoms with E-state index in [0.717, 1.165) is 31.4 Å². The van der Waals surface area contributed by atoms with Crippen LogP contribution in [0.5, 0.6) is 0 Å². The van der Waals surface area contributed by atoms with Crippen molar-refractivity contribution in [2.75, 3.05) is 20.2 Å². The molecule has 0 atom stereocenters. The minimum absolute atomic E-state index is 0.610. The first kappa shape index (κ1) is 11.6. The first-order valence-corrected chi connectivity index (χ1v) is 6.02. The highest BCUT2D eigenvalue weighted by atomic mass is 16.5. The van der Waals surface area contributed by atoms with E-state index in [2.05, 4.69) is 21.8 Å². The first-order valence-electron chi connectivity index (χ1n) is 6.02. The molecule has 1 aromatic rings. The Bertz CT molecular complexity index is 329. The quantitative estimate of drug-likeness (QED) is 0.837. The Morgan fingerprint density at radius 3 is 2.94 bits per heavy atom. The fourth-order valence-corrected chi connectivity index (χ4v) is 2.33. The van der Waals surface area contributed by atoms with Crippen LogP contribution in [-0.2, 0) is 17.9 Å². The van der Waals surface area contributed by atoms with Crippen molar-refractivity contribution in [2.45, 2.75) is 32.9 Å². The van der Waals surface area contributed by atoms with Gasteiger partial charge < -0.3 is 14.6 Å². The maximum Gasteiger partial charge on any atom is 0.134 e. The van der Waals surface area contributed by atoms with Gasteiger partial charge in [-0.2, -0.15) is 0 Å². The molecular formula is C12H21N3O. The molecular weight excluding hydrogens is 202 g/mol. The van der Waals surface area contributed by atoms with Crippen LogP contribution < -0.4 is 5.32 Å². The summed E-state index contributed by atoms with van der Waals surface area (Å²) in [4.78, 5) is 4.39. The fraction of sp³-hybridized carbons (Fsp3) is 0.750. The van der Waals surface area contributed by atoms with E-state index in [1.54, 1.807) is 7.11 Å². The van der Waals surface area contributed by atoms with E-state index in [9.17, 15) is 0 Å². The lowest BCUT2D eigenvalue weighted by atomic mass is 9.98. The van der Waals surface area contributed by atoms with Gasteiger partial charge in [-0.15, -0.1) is 0 Å². The van der Waals surface area contributed by atoms with Crippen LogP contribution in [0.1, 0.15) is 24.4 Å². The van der Waals surface area contributed by atoms with Gasteiger partial charge in [0.15, 0.2) is 0 Å². The van der Waals surface area contributed by atoms with Gasteiger partial charge in [-0.3, -0.25) is 0 Å². The maximum absolute atomic E-state index is 5.18. The first-order chi connectivity index (χ1) is 7.81. The number of aromatic nitrogens is 2. The zero-order valence-electron chi connectivity index (χ0n) is 10.2. The molecule has 0 unspecified atom stereocenters. The molecule has 2 rings (SSSR count). The smallest absolute Gasteiger partial charge is 0.134 e. The highest BCUT2D eigenvalue weighted by molar-refractivity contribution is 5.03. The number of nitrogens with one attached hydrogen (secondary N) is 1. The summed E-state index contributed by atoms with van der Waals surface area (Å²) in [5.41, 5.74) is 1.24. The fourth-order valence-electron chi connectivity index (χ4n) is 2.33. The van der Waals surface area contributed by atoms with Crippen LogP contribution in [0, 0.1) is 12.8 Å². The van der Waals surface area contributed by atoms with Crippen LogP contribution >= 0.6 is 0 Å². The third kappa shape index (κ3) is 2.62. The number of rotatable bonds is 4. The molecule has 0 aliphatic carbocycles. The Balaban J connectivity index is 2.03. The number of piperidine rings is 1. The summed E-state index contributed by atoms with van der Waals surface area (Å²) in [7, 11) is 1.72. The molecule has 0 amide bonds. The summed E-state index contributed by atoms with van der Waals surface area (Å²) < 4.78 is 7.48. The number of nitrogens with zero attached hydrogens (tertiary/aromatic N) is 2. The second-order valence-electron chi connectivity index (χ2n) is 4.55. The zero-order chi connectivity index (χ0) is 11.4. The molecule has 4 nitrogen and oxygen atoms in total. The van der Waals surface area contributed by atoms with E-state index in [1.807, 2.05) is 6.20 Å². The van der Waals surface area contributed by atoms with E-state index >= 15 is 0 Å². The monoisotopic (exact) mass is 223 g/mol. The van der Waals surface area contributed by atoms with E-state index in [4.69, 9.17) is 4.74 Å². The lowest BCUT2D eigenvalue weighted by Crippen LogP contribution is -2.30. The maximum atomic E-state index is 5.18. The number of aryl methyl sites for hydroxylation is 1. The molecule has 1 fully saturated rings. The lowest BCUT2D eigenvalue weighted by Gasteiger charge is -2.24. The predicted octanol–water partition coefficient (Wildman–Crippen LogP) is 1.34. The van der Waals surface area contributed by atoms with Crippen LogP contribution in [0.25, 0.3) is 0 Å². The highest BCUT2D eigenvalue weighted by Crippen LogP contribution is 2.17. The van der Waals surface area contributed by atoms with Crippen molar-refractivity contribution in [1.29, 1.82) is 0 Å². The van der Waals surface area contributed by atoms with Crippen LogP contribution in [0.2, 0.25) is 0 Å². The summed E-state index contributed by atoms with van der Waals surface area (Å²) in [5, 5.41) is 3.40. The van der Waals surface area contributed by atoms with Gasteiger partial charge in [-0.25, -0.2) is 4.98 Å². The molecule has 0 radical (unpaired) electrons. The molecule has 16 heavy (non-hydrogen) atoms. The van der Waals surface area contributed by atoms with Crippen molar-refractivity contribution < 1.29 is 4.74 Å². The third-order valence-corrected chi connectivity index (χ3v) is 3.31. The van der Waals surface area contributed by atoms with Crippen molar-refractivity contribution in [3.05, 3.63) is 17.7 Å². The van der Waals surface area contributed by atoms with Crippen molar-refractivity contribution in [3.8, 4) is 0 Å². The Hall–Kier alpha value is -0.870. The van der Waals surface area contributed by atoms with Gasteiger partial charge in [0, 0.05) is 25.5 Å². The average molecular weight is 223 g/mol. The van der Waals surface area contributed by atoms with Crippen molar-refractivity contribution in [2.24, 2.45) is 5.92 Å². The zero-order valence-corrected chi connectivity index (χ0v) is 10.2. The molecule has 2 heterocycles. The second-order valence-corrected chi connectivity index (χ2v) is 4.55. The summed E-state index contributed by atoms with van der Waals surface area (Å²) in [5.74, 6) is 1.84. The Morgan fingerprint density at radius 2 is 2.25 bits per heavy atom. The summed E-state index contributed by atoms with van der Waals surface area (Å²) in [6.45, 7) is 6.12. The van der Waals surface area contributed by atoms with Gasteiger partial charge in [0.1, 0.15) is 12.4 Å². The molecule has 90 valence electrons. The van der Waals surface area contributed by atoms with Gasteiger partial charge in [0.05, 0.1) is 0 Å². The van der Waals surface area contributed by atoms with Gasteiger partial charge in [-0.05, 0) is 38.8 Å². The Morgan fingerprint density at radius 1 is 1.50 bits per heavy atom. The van der Waals surface area contributed by atoms with Crippen molar-refractivity contribution in [1.82, 2.24) is 14.9 Å². The van der Waals surface area contributed by atoms with Gasteiger partial charge in [0.25, 0.3) is 0 Å². The molecule has 0 bridgehead atoms. The Labute approximate surface area is 97.0 Å². The van der Waals surface area contributed by atoms with Gasteiger partial charge in [-0.1, -0.05) is 0 Å². The molecule has 1 N–H and O–H groups in total. The molecule has 0 aromatic carbocycles. The number of methoxy groups -OCH3 is 1. The normalized spacial score (nSPS) is 17.9. The highest BCUT2D eigenvalue weighted by Gasteiger charge is 2.16. The average Bonchev–Trinajstić information content (AvgIpc) is 2.64. The van der Waals surface area contributed by atoms with Crippen molar-refractivity contribution >= 4 is 0 Å². The van der Waals surface area contributed by atoms with E-state index in [1.165, 1.54) is 18.5 Å². The number of hydrogen-bond donors (Lipinski definition) is 1. The SMILES string of the molecule is COCc1ncc(C)n1CC1CCNCC1. The van der Waals surface area contributed by atoms with E-state index < -0.39 is 0 Å². The number of imidazole rings is 1. The molecule has 1 saturated heterocycles. The van der Waals surface area contributed by atoms with E-state index in [0.29, 0.717) is 6.61 Å². The van der Waals surface area contributed by atoms with Gasteiger partial charge in [0.2, 0.25) is 0 Å². The number of hydrogen-bond acceptors (Lipinski definition) is 3. The predicted molar refractivity (Wildman–Crippen MR) is 63.3 cm³/mol. The minimum Gasteiger partial charge on any atom is -0.377 e. The molecule has 1 aromatic heterocycles. The third-order valence-electron chi connectivity index (χ3n) is 3.31. The number of ether oxygens (including phenoxy) is 1. The largest absolute Gasteiger partial charge is 0.377 e. The molecule has 4 heteroatoms. The summed E-state index contributed by atoms with van der Waals surface area (Å²) >= 11 is 0. The molecule has 1 aliphatic heterocycles. The topological polar surface area (TPSA) is 39.1 Å². The van der Waals surface area contributed by atoms with Crippen LogP contribution in [0.3, 0.4) is 0 Å². The lowest BCUT2D eigenvalue weighted by molar-refractivity contribution is 0.171. The molecule has 1 aliphatic rings. The molecule has 0 saturated carbocycles. The summed E-state index contributed by atoms with van der Waals surface area (Å²) in [6.07, 6.45) is 4.48. The van der Waals surface area contributed by atoms with Crippen molar-refractivity contribution in [3.63, 3.8) is 0 Å². The minimum atomic E-state index is 0.610. The van der Waals surface area contributed by atoms with Crippen LogP contribution in [-0.4, -0.2) is 29.8 Å². The Kier molecular flexibility index (Phi) is 3.96. The second kappa shape index (κ2) is 5.46. The summed E-state index contributed by atoms with van der Waals surface area (Å²) in [6, 6.07) is 0. The molecule has 0 spiro atoms. The van der Waals surface area contributed by atoms with Crippen LogP contribution in [0.4, 0.5) is 0 Å². The van der Waals surface area contributed by atoms with Gasteiger partial charge >= 0.3 is 0 Å².